The van der Waals surface area contributed by atoms with E-state index in [1.165, 1.54) is 13.2 Å². The van der Waals surface area contributed by atoms with Crippen LogP contribution in [0.25, 0.3) is 0 Å². The van der Waals surface area contributed by atoms with Gasteiger partial charge in [-0.3, -0.25) is 4.79 Å². The molecule has 0 aromatic heterocycles. The first kappa shape index (κ1) is 14.8. The summed E-state index contributed by atoms with van der Waals surface area (Å²) in [4.78, 5) is 13.7. The summed E-state index contributed by atoms with van der Waals surface area (Å²) in [6, 6.07) is 4.88. The van der Waals surface area contributed by atoms with Crippen molar-refractivity contribution in [3.8, 4) is 5.75 Å². The normalized spacial score (nSPS) is 14.6. The van der Waals surface area contributed by atoms with Gasteiger partial charge in [-0.25, -0.2) is 4.39 Å². The van der Waals surface area contributed by atoms with Crippen molar-refractivity contribution < 1.29 is 13.9 Å². The van der Waals surface area contributed by atoms with Gasteiger partial charge in [0.1, 0.15) is 0 Å². The molecule has 1 aliphatic rings. The molecule has 1 aromatic rings. The molecular weight excluding hydrogens is 259 g/mol. The van der Waals surface area contributed by atoms with Gasteiger partial charge >= 0.3 is 0 Å². The molecule has 2 rings (SSSR count). The summed E-state index contributed by atoms with van der Waals surface area (Å²) in [5.74, 6) is 0.0915. The summed E-state index contributed by atoms with van der Waals surface area (Å²) in [5.41, 5.74) is 0.844. The van der Waals surface area contributed by atoms with Gasteiger partial charge in [0, 0.05) is 32.6 Å². The fraction of sp³-hybridized carbons (Fsp3) is 0.533. The number of hydrogen-bond acceptors (Lipinski definition) is 3. The molecule has 1 saturated heterocycles. The maximum absolute atomic E-state index is 13.5. The highest BCUT2D eigenvalue weighted by Gasteiger charge is 2.16. The van der Waals surface area contributed by atoms with Crippen molar-refractivity contribution >= 4 is 5.91 Å². The van der Waals surface area contributed by atoms with Crippen LogP contribution in [-0.4, -0.2) is 37.6 Å². The van der Waals surface area contributed by atoms with Crippen molar-refractivity contribution in [2.45, 2.75) is 25.8 Å². The molecule has 0 saturated carbocycles. The minimum absolute atomic E-state index is 0.205. The summed E-state index contributed by atoms with van der Waals surface area (Å²) in [6.45, 7) is 2.95. The highest BCUT2D eigenvalue weighted by atomic mass is 19.1. The van der Waals surface area contributed by atoms with Crippen LogP contribution in [-0.2, 0) is 11.3 Å². The van der Waals surface area contributed by atoms with Crippen LogP contribution >= 0.6 is 0 Å². The van der Waals surface area contributed by atoms with Crippen LogP contribution in [0, 0.1) is 5.82 Å². The topological polar surface area (TPSA) is 41.6 Å². The van der Waals surface area contributed by atoms with E-state index < -0.39 is 0 Å². The lowest BCUT2D eigenvalue weighted by molar-refractivity contribution is -0.130. The fourth-order valence-electron chi connectivity index (χ4n) is 2.37. The number of nitrogens with one attached hydrogen (secondary N) is 1. The zero-order valence-electron chi connectivity index (χ0n) is 11.8. The minimum Gasteiger partial charge on any atom is -0.494 e. The standard InChI is InChI=1S/C15H21FN2O2/c1-20-14-5-4-12(10-13(14)16)11-17-7-6-15(19)18-8-2-3-9-18/h4-5,10,17H,2-3,6-9,11H2,1H3. The molecule has 1 heterocycles. The molecule has 1 aliphatic heterocycles. The highest BCUT2D eigenvalue weighted by Crippen LogP contribution is 2.17. The van der Waals surface area contributed by atoms with Crippen molar-refractivity contribution in [2.75, 3.05) is 26.7 Å². The molecule has 0 unspecified atom stereocenters. The van der Waals surface area contributed by atoms with Gasteiger partial charge in [-0.05, 0) is 30.5 Å². The lowest BCUT2D eigenvalue weighted by Gasteiger charge is -2.15. The Morgan fingerprint density at radius 2 is 2.15 bits per heavy atom. The monoisotopic (exact) mass is 280 g/mol. The number of methoxy groups -OCH3 is 1. The van der Waals surface area contributed by atoms with Gasteiger partial charge in [0.2, 0.25) is 5.91 Å². The summed E-state index contributed by atoms with van der Waals surface area (Å²) in [7, 11) is 1.44. The average molecular weight is 280 g/mol. The predicted octanol–water partition coefficient (Wildman–Crippen LogP) is 1.94. The van der Waals surface area contributed by atoms with E-state index >= 15 is 0 Å². The highest BCUT2D eigenvalue weighted by molar-refractivity contribution is 5.76. The van der Waals surface area contributed by atoms with Crippen LogP contribution in [0.15, 0.2) is 18.2 Å². The van der Waals surface area contributed by atoms with Crippen molar-refractivity contribution in [1.29, 1.82) is 0 Å². The number of carbonyl (C=O) groups is 1. The molecular formula is C15H21FN2O2. The summed E-state index contributed by atoms with van der Waals surface area (Å²) in [6.07, 6.45) is 2.73. The molecule has 20 heavy (non-hydrogen) atoms. The molecule has 4 nitrogen and oxygen atoms in total. The van der Waals surface area contributed by atoms with E-state index in [2.05, 4.69) is 5.32 Å². The largest absolute Gasteiger partial charge is 0.494 e. The van der Waals surface area contributed by atoms with E-state index in [1.54, 1.807) is 6.07 Å². The molecule has 0 bridgehead atoms. The fourth-order valence-corrected chi connectivity index (χ4v) is 2.37. The number of benzene rings is 1. The summed E-state index contributed by atoms with van der Waals surface area (Å²) >= 11 is 0. The molecule has 1 aromatic carbocycles. The Morgan fingerprint density at radius 1 is 1.40 bits per heavy atom. The van der Waals surface area contributed by atoms with Gasteiger partial charge in [0.05, 0.1) is 7.11 Å². The summed E-state index contributed by atoms with van der Waals surface area (Å²) in [5, 5.41) is 3.17. The number of halogens is 1. The second-order valence-corrected chi connectivity index (χ2v) is 4.98. The first-order valence-electron chi connectivity index (χ1n) is 7.01. The second-order valence-electron chi connectivity index (χ2n) is 4.98. The Balaban J connectivity index is 1.70. The molecule has 5 heteroatoms. The van der Waals surface area contributed by atoms with Crippen LogP contribution in [0.3, 0.4) is 0 Å². The maximum Gasteiger partial charge on any atom is 0.223 e. The molecule has 0 spiro atoms. The zero-order valence-corrected chi connectivity index (χ0v) is 11.8. The molecule has 0 atom stereocenters. The van der Waals surface area contributed by atoms with Crippen molar-refractivity contribution in [1.82, 2.24) is 10.2 Å². The third-order valence-electron chi connectivity index (χ3n) is 3.52. The Hall–Kier alpha value is -1.62. The van der Waals surface area contributed by atoms with E-state index in [4.69, 9.17) is 4.74 Å². The molecule has 110 valence electrons. The lowest BCUT2D eigenvalue weighted by Crippen LogP contribution is -2.30. The number of ether oxygens (including phenoxy) is 1. The number of rotatable bonds is 6. The molecule has 1 N–H and O–H groups in total. The second kappa shape index (κ2) is 7.24. The van der Waals surface area contributed by atoms with Gasteiger partial charge in [-0.15, -0.1) is 0 Å². The van der Waals surface area contributed by atoms with E-state index in [1.807, 2.05) is 11.0 Å². The van der Waals surface area contributed by atoms with Crippen molar-refractivity contribution in [3.63, 3.8) is 0 Å². The maximum atomic E-state index is 13.5. The van der Waals surface area contributed by atoms with Crippen LogP contribution in [0.5, 0.6) is 5.75 Å². The zero-order chi connectivity index (χ0) is 14.4. The molecule has 1 fully saturated rings. The Labute approximate surface area is 118 Å². The van der Waals surface area contributed by atoms with Crippen molar-refractivity contribution in [3.05, 3.63) is 29.6 Å². The first-order chi connectivity index (χ1) is 9.70. The third-order valence-corrected chi connectivity index (χ3v) is 3.52. The Morgan fingerprint density at radius 3 is 2.80 bits per heavy atom. The van der Waals surface area contributed by atoms with E-state index in [0.717, 1.165) is 31.5 Å². The van der Waals surface area contributed by atoms with Crippen LogP contribution in [0.1, 0.15) is 24.8 Å². The molecule has 1 amide bonds. The van der Waals surface area contributed by atoms with Gasteiger partial charge in [0.25, 0.3) is 0 Å². The predicted molar refractivity (Wildman–Crippen MR) is 75.1 cm³/mol. The summed E-state index contributed by atoms with van der Waals surface area (Å²) < 4.78 is 18.3. The minimum atomic E-state index is -0.361. The third kappa shape index (κ3) is 3.93. The van der Waals surface area contributed by atoms with E-state index in [9.17, 15) is 9.18 Å². The molecule has 0 radical (unpaired) electrons. The van der Waals surface area contributed by atoms with Crippen LogP contribution < -0.4 is 10.1 Å². The average Bonchev–Trinajstić information content (AvgIpc) is 2.98. The van der Waals surface area contributed by atoms with E-state index in [0.29, 0.717) is 19.5 Å². The first-order valence-corrected chi connectivity index (χ1v) is 7.01. The van der Waals surface area contributed by atoms with Crippen LogP contribution in [0.2, 0.25) is 0 Å². The van der Waals surface area contributed by atoms with Gasteiger partial charge < -0.3 is 15.0 Å². The Bertz CT molecular complexity index is 459. The number of likely N-dealkylation sites (tertiary alicyclic amines) is 1. The van der Waals surface area contributed by atoms with Gasteiger partial charge in [-0.1, -0.05) is 6.07 Å². The lowest BCUT2D eigenvalue weighted by atomic mass is 10.2. The van der Waals surface area contributed by atoms with E-state index in [-0.39, 0.29) is 17.5 Å². The SMILES string of the molecule is COc1ccc(CNCCC(=O)N2CCCC2)cc1F. The number of carbonyl (C=O) groups excluding carboxylic acids is 1. The van der Waals surface area contributed by atoms with Gasteiger partial charge in [-0.2, -0.15) is 0 Å². The van der Waals surface area contributed by atoms with Crippen LogP contribution in [0.4, 0.5) is 4.39 Å². The molecule has 0 aliphatic carbocycles. The smallest absolute Gasteiger partial charge is 0.223 e. The quantitative estimate of drug-likeness (QED) is 0.810. The Kier molecular flexibility index (Phi) is 5.35. The number of hydrogen-bond donors (Lipinski definition) is 1. The number of amides is 1. The van der Waals surface area contributed by atoms with Crippen molar-refractivity contribution in [2.24, 2.45) is 0 Å². The van der Waals surface area contributed by atoms with Gasteiger partial charge in [0.15, 0.2) is 11.6 Å². The number of nitrogens with zero attached hydrogens (tertiary/aromatic N) is 1.